The summed E-state index contributed by atoms with van der Waals surface area (Å²) in [5.41, 5.74) is 1.20. The van der Waals surface area contributed by atoms with Crippen LogP contribution >= 0.6 is 11.8 Å². The first-order chi connectivity index (χ1) is 5.83. The number of para-hydroxylation sites is 1. The lowest BCUT2D eigenvalue weighted by molar-refractivity contribution is 0.763. The minimum absolute atomic E-state index is 1.10. The minimum atomic E-state index is 1.10. The first kappa shape index (κ1) is 7.68. The van der Waals surface area contributed by atoms with Crippen molar-refractivity contribution in [3.05, 3.63) is 24.3 Å². The van der Waals surface area contributed by atoms with Gasteiger partial charge in [0.05, 0.1) is 5.52 Å². The van der Waals surface area contributed by atoms with Gasteiger partial charge in [-0.2, -0.15) is 5.10 Å². The highest BCUT2D eigenvalue weighted by molar-refractivity contribution is 7.98. The van der Waals surface area contributed by atoms with Gasteiger partial charge in [0.2, 0.25) is 0 Å². The lowest BCUT2D eigenvalue weighted by Gasteiger charge is -1.90. The summed E-state index contributed by atoms with van der Waals surface area (Å²) in [5, 5.41) is 6.74. The Morgan fingerprint density at radius 2 is 2.08 bits per heavy atom. The third-order valence-electron chi connectivity index (χ3n) is 1.92. The zero-order valence-corrected chi connectivity index (χ0v) is 7.93. The quantitative estimate of drug-likeness (QED) is 0.623. The van der Waals surface area contributed by atoms with Crippen LogP contribution in [0.1, 0.15) is 0 Å². The smallest absolute Gasteiger partial charge is 0.126 e. The molecule has 0 radical (unpaired) electrons. The second-order valence-corrected chi connectivity index (χ2v) is 3.44. The number of fused-ring (bicyclic) bond motifs is 1. The first-order valence-corrected chi connectivity index (χ1v) is 5.01. The number of thioether (sulfide) groups is 1. The topological polar surface area (TPSA) is 17.8 Å². The van der Waals surface area contributed by atoms with Gasteiger partial charge in [0.25, 0.3) is 0 Å². The van der Waals surface area contributed by atoms with Crippen molar-refractivity contribution in [2.24, 2.45) is 7.05 Å². The van der Waals surface area contributed by atoms with Crippen molar-refractivity contribution in [1.29, 1.82) is 0 Å². The number of hydrogen-bond donors (Lipinski definition) is 0. The molecule has 0 unspecified atom stereocenters. The number of aromatic nitrogens is 2. The molecule has 2 aromatic rings. The maximum Gasteiger partial charge on any atom is 0.126 e. The maximum absolute atomic E-state index is 4.39. The van der Waals surface area contributed by atoms with Gasteiger partial charge in [-0.25, -0.2) is 0 Å². The average molecular weight is 178 g/mol. The van der Waals surface area contributed by atoms with E-state index in [1.54, 1.807) is 11.8 Å². The summed E-state index contributed by atoms with van der Waals surface area (Å²) in [4.78, 5) is 0. The molecular weight excluding hydrogens is 168 g/mol. The van der Waals surface area contributed by atoms with Gasteiger partial charge in [0.15, 0.2) is 0 Å². The summed E-state index contributed by atoms with van der Waals surface area (Å²) in [7, 11) is 1.97. The van der Waals surface area contributed by atoms with E-state index in [-0.39, 0.29) is 0 Å². The molecule has 0 spiro atoms. The van der Waals surface area contributed by atoms with Crippen molar-refractivity contribution in [3.8, 4) is 0 Å². The van der Waals surface area contributed by atoms with Crippen LogP contribution in [-0.2, 0) is 7.05 Å². The summed E-state index contributed by atoms with van der Waals surface area (Å²) >= 11 is 1.69. The Labute approximate surface area is 75.6 Å². The second kappa shape index (κ2) is 2.83. The lowest BCUT2D eigenvalue weighted by Crippen LogP contribution is -1.88. The Balaban J connectivity index is 2.82. The molecule has 0 aliphatic heterocycles. The molecule has 12 heavy (non-hydrogen) atoms. The Morgan fingerprint density at radius 3 is 2.83 bits per heavy atom. The van der Waals surface area contributed by atoms with Crippen LogP contribution in [0, 0.1) is 0 Å². The van der Waals surface area contributed by atoms with E-state index in [0.717, 1.165) is 5.03 Å². The summed E-state index contributed by atoms with van der Waals surface area (Å²) < 4.78 is 1.92. The standard InChI is InChI=1S/C9H10N2S/c1-11-8-6-4-3-5-7(8)9(10-11)12-2/h3-6H,1-2H3. The monoisotopic (exact) mass is 178 g/mol. The zero-order chi connectivity index (χ0) is 8.55. The van der Waals surface area contributed by atoms with Gasteiger partial charge >= 0.3 is 0 Å². The first-order valence-electron chi connectivity index (χ1n) is 3.78. The molecule has 0 aliphatic carbocycles. The Bertz CT molecular complexity index is 406. The van der Waals surface area contributed by atoms with E-state index in [0.29, 0.717) is 0 Å². The highest BCUT2D eigenvalue weighted by atomic mass is 32.2. The van der Waals surface area contributed by atoms with Gasteiger partial charge in [-0.05, 0) is 12.3 Å². The van der Waals surface area contributed by atoms with Crippen LogP contribution in [0.5, 0.6) is 0 Å². The number of benzene rings is 1. The largest absolute Gasteiger partial charge is 0.267 e. The molecule has 1 aromatic heterocycles. The molecule has 0 aliphatic rings. The molecule has 62 valence electrons. The van der Waals surface area contributed by atoms with Crippen LogP contribution < -0.4 is 0 Å². The number of aryl methyl sites for hydroxylation is 1. The Morgan fingerprint density at radius 1 is 1.33 bits per heavy atom. The Kier molecular flexibility index (Phi) is 1.81. The molecule has 0 saturated heterocycles. The molecule has 0 atom stereocenters. The molecule has 0 amide bonds. The molecule has 0 bridgehead atoms. The van der Waals surface area contributed by atoms with Crippen LogP contribution in [0.4, 0.5) is 0 Å². The van der Waals surface area contributed by atoms with Crippen LogP contribution in [0.25, 0.3) is 10.9 Å². The molecule has 1 aromatic carbocycles. The second-order valence-electron chi connectivity index (χ2n) is 2.65. The van der Waals surface area contributed by atoms with E-state index in [4.69, 9.17) is 0 Å². The van der Waals surface area contributed by atoms with Crippen molar-refractivity contribution in [2.75, 3.05) is 6.26 Å². The zero-order valence-electron chi connectivity index (χ0n) is 7.11. The van der Waals surface area contributed by atoms with Gasteiger partial charge in [0, 0.05) is 12.4 Å². The Hall–Kier alpha value is -0.960. The lowest BCUT2D eigenvalue weighted by atomic mass is 10.3. The van der Waals surface area contributed by atoms with Gasteiger partial charge in [0.1, 0.15) is 5.03 Å². The van der Waals surface area contributed by atoms with Gasteiger partial charge < -0.3 is 0 Å². The van der Waals surface area contributed by atoms with Crippen LogP contribution in [-0.4, -0.2) is 16.0 Å². The summed E-state index contributed by atoms with van der Waals surface area (Å²) in [6.07, 6.45) is 2.05. The normalized spacial score (nSPS) is 10.8. The van der Waals surface area contributed by atoms with Crippen LogP contribution in [0.2, 0.25) is 0 Å². The molecule has 2 nitrogen and oxygen atoms in total. The molecule has 1 heterocycles. The summed E-state index contributed by atoms with van der Waals surface area (Å²) in [6.45, 7) is 0. The third kappa shape index (κ3) is 1.01. The van der Waals surface area contributed by atoms with Crippen molar-refractivity contribution < 1.29 is 0 Å². The van der Waals surface area contributed by atoms with E-state index in [1.165, 1.54) is 10.9 Å². The predicted molar refractivity (Wildman–Crippen MR) is 52.5 cm³/mol. The number of rotatable bonds is 1. The number of nitrogens with zero attached hydrogens (tertiary/aromatic N) is 2. The van der Waals surface area contributed by atoms with E-state index < -0.39 is 0 Å². The summed E-state index contributed by atoms with van der Waals surface area (Å²) in [5.74, 6) is 0. The number of hydrogen-bond acceptors (Lipinski definition) is 2. The van der Waals surface area contributed by atoms with E-state index >= 15 is 0 Å². The van der Waals surface area contributed by atoms with Crippen LogP contribution in [0.15, 0.2) is 29.3 Å². The molecule has 0 fully saturated rings. The van der Waals surface area contributed by atoms with Crippen molar-refractivity contribution in [2.45, 2.75) is 5.03 Å². The van der Waals surface area contributed by atoms with Crippen LogP contribution in [0.3, 0.4) is 0 Å². The predicted octanol–water partition coefficient (Wildman–Crippen LogP) is 2.30. The fraction of sp³-hybridized carbons (Fsp3) is 0.222. The molecule has 2 rings (SSSR count). The molecule has 0 saturated carbocycles. The van der Waals surface area contributed by atoms with Gasteiger partial charge in [-0.1, -0.05) is 18.2 Å². The molecule has 0 N–H and O–H groups in total. The van der Waals surface area contributed by atoms with E-state index in [9.17, 15) is 0 Å². The maximum atomic E-state index is 4.39. The van der Waals surface area contributed by atoms with Crippen molar-refractivity contribution in [1.82, 2.24) is 9.78 Å². The third-order valence-corrected chi connectivity index (χ3v) is 2.61. The SMILES string of the molecule is CSc1nn(C)c2ccccc12. The molecular formula is C9H10N2S. The minimum Gasteiger partial charge on any atom is -0.267 e. The van der Waals surface area contributed by atoms with Crippen molar-refractivity contribution in [3.63, 3.8) is 0 Å². The highest BCUT2D eigenvalue weighted by Crippen LogP contribution is 2.24. The van der Waals surface area contributed by atoms with Crippen molar-refractivity contribution >= 4 is 22.7 Å². The summed E-state index contributed by atoms with van der Waals surface area (Å²) in [6, 6.07) is 8.27. The highest BCUT2D eigenvalue weighted by Gasteiger charge is 2.04. The van der Waals surface area contributed by atoms with E-state index in [2.05, 4.69) is 23.5 Å². The average Bonchev–Trinajstić information content (AvgIpc) is 2.44. The van der Waals surface area contributed by atoms with Gasteiger partial charge in [-0.3, -0.25) is 4.68 Å². The fourth-order valence-electron chi connectivity index (χ4n) is 1.33. The fourth-order valence-corrected chi connectivity index (χ4v) is 1.93. The van der Waals surface area contributed by atoms with E-state index in [1.807, 2.05) is 23.9 Å². The van der Waals surface area contributed by atoms with Gasteiger partial charge in [-0.15, -0.1) is 11.8 Å². The molecule has 3 heteroatoms.